The van der Waals surface area contributed by atoms with Crippen LogP contribution < -0.4 is 20.3 Å². The third-order valence-corrected chi connectivity index (χ3v) is 5.56. The van der Waals surface area contributed by atoms with Crippen molar-refractivity contribution in [2.75, 3.05) is 32.1 Å². The molecule has 27 heavy (non-hydrogen) atoms. The van der Waals surface area contributed by atoms with Crippen LogP contribution in [-0.2, 0) is 13.0 Å². The summed E-state index contributed by atoms with van der Waals surface area (Å²) in [4.78, 5) is 11.3. The van der Waals surface area contributed by atoms with Gasteiger partial charge in [-0.05, 0) is 25.0 Å². The maximum absolute atomic E-state index is 5.49. The van der Waals surface area contributed by atoms with Crippen LogP contribution in [-0.4, -0.2) is 44.2 Å². The maximum atomic E-state index is 5.49. The number of aromatic nitrogens is 1. The number of anilines is 1. The van der Waals surface area contributed by atoms with E-state index in [0.29, 0.717) is 12.6 Å². The molecule has 1 aliphatic heterocycles. The first-order valence-electron chi connectivity index (χ1n) is 9.02. The van der Waals surface area contributed by atoms with Crippen LogP contribution in [0.2, 0.25) is 0 Å². The average Bonchev–Trinajstić information content (AvgIpc) is 3.34. The molecular weight excluding hydrogens is 473 g/mol. The Morgan fingerprint density at radius 1 is 1.41 bits per heavy atom. The zero-order chi connectivity index (χ0) is 18.4. The van der Waals surface area contributed by atoms with Gasteiger partial charge in [-0.15, -0.1) is 35.3 Å². The molecule has 0 amide bonds. The van der Waals surface area contributed by atoms with Gasteiger partial charge >= 0.3 is 0 Å². The Kier molecular flexibility index (Phi) is 8.62. The van der Waals surface area contributed by atoms with Crippen LogP contribution in [0.1, 0.15) is 24.0 Å². The second-order valence-electron chi connectivity index (χ2n) is 6.26. The number of nitrogens with one attached hydrogen (secondary N) is 2. The second-order valence-corrected chi connectivity index (χ2v) is 7.20. The summed E-state index contributed by atoms with van der Waals surface area (Å²) < 4.78 is 5.49. The molecule has 8 heteroatoms. The summed E-state index contributed by atoms with van der Waals surface area (Å²) in [6, 6.07) is 8.53. The smallest absolute Gasteiger partial charge is 0.191 e. The molecule has 1 saturated heterocycles. The van der Waals surface area contributed by atoms with Gasteiger partial charge in [0, 0.05) is 31.6 Å². The van der Waals surface area contributed by atoms with Gasteiger partial charge < -0.3 is 20.3 Å². The van der Waals surface area contributed by atoms with Crippen molar-refractivity contribution in [1.82, 2.24) is 15.6 Å². The number of hydrogen-bond acceptors (Lipinski definition) is 5. The molecular formula is C19H28IN5OS. The maximum Gasteiger partial charge on any atom is 0.191 e. The van der Waals surface area contributed by atoms with Crippen LogP contribution in [0.4, 0.5) is 5.69 Å². The summed E-state index contributed by atoms with van der Waals surface area (Å²) >= 11 is 1.71. The van der Waals surface area contributed by atoms with E-state index < -0.39 is 0 Å². The summed E-state index contributed by atoms with van der Waals surface area (Å²) in [6.45, 7) is 4.75. The molecule has 3 rings (SSSR count). The minimum atomic E-state index is 0. The lowest BCUT2D eigenvalue weighted by Gasteiger charge is -2.22. The fourth-order valence-electron chi connectivity index (χ4n) is 3.14. The SMILES string of the molecule is CCc1nc(CNC(=NC)NC2CCN(c3ccccc3OC)C2)cs1.I. The summed E-state index contributed by atoms with van der Waals surface area (Å²) in [6.07, 6.45) is 2.05. The molecule has 0 aliphatic carbocycles. The molecule has 0 bridgehead atoms. The van der Waals surface area contributed by atoms with Crippen LogP contribution in [0.25, 0.3) is 0 Å². The number of thiazole rings is 1. The Hall–Kier alpha value is -1.55. The first-order valence-corrected chi connectivity index (χ1v) is 9.89. The highest BCUT2D eigenvalue weighted by Gasteiger charge is 2.25. The molecule has 1 aliphatic rings. The number of ether oxygens (including phenoxy) is 1. The van der Waals surface area contributed by atoms with Crippen LogP contribution in [0.3, 0.4) is 0 Å². The van der Waals surface area contributed by atoms with Crippen molar-refractivity contribution in [3.8, 4) is 5.75 Å². The predicted molar refractivity (Wildman–Crippen MR) is 124 cm³/mol. The molecule has 1 atom stereocenters. The van der Waals surface area contributed by atoms with Gasteiger partial charge in [0.15, 0.2) is 5.96 Å². The molecule has 0 saturated carbocycles. The van der Waals surface area contributed by atoms with E-state index in [1.165, 1.54) is 5.01 Å². The molecule has 1 aromatic carbocycles. The number of aliphatic imine (C=N–C) groups is 1. The topological polar surface area (TPSA) is 61.8 Å². The number of hydrogen-bond donors (Lipinski definition) is 2. The summed E-state index contributed by atoms with van der Waals surface area (Å²) in [5.41, 5.74) is 2.22. The van der Waals surface area contributed by atoms with Crippen molar-refractivity contribution < 1.29 is 4.74 Å². The van der Waals surface area contributed by atoms with Gasteiger partial charge in [-0.25, -0.2) is 4.98 Å². The van der Waals surface area contributed by atoms with E-state index in [-0.39, 0.29) is 24.0 Å². The molecule has 2 heterocycles. The Bertz CT molecular complexity index is 751. The van der Waals surface area contributed by atoms with Gasteiger partial charge in [0.2, 0.25) is 0 Å². The van der Waals surface area contributed by atoms with Gasteiger partial charge in [0.05, 0.1) is 30.0 Å². The standard InChI is InChI=1S/C19H27N5OS.HI/c1-4-18-22-15(13-26-18)11-21-19(20-2)23-14-9-10-24(12-14)16-7-5-6-8-17(16)25-3;/h5-8,13-14H,4,9-12H2,1-3H3,(H2,20,21,23);1H. The van der Waals surface area contributed by atoms with Crippen LogP contribution >= 0.6 is 35.3 Å². The molecule has 2 N–H and O–H groups in total. The molecule has 0 spiro atoms. The fraction of sp³-hybridized carbons (Fsp3) is 0.474. The quantitative estimate of drug-likeness (QED) is 0.362. The number of halogens is 1. The van der Waals surface area contributed by atoms with Gasteiger partial charge in [-0.3, -0.25) is 4.99 Å². The second kappa shape index (κ2) is 10.7. The van der Waals surface area contributed by atoms with E-state index >= 15 is 0 Å². The van der Waals surface area contributed by atoms with E-state index in [1.807, 2.05) is 12.1 Å². The number of methoxy groups -OCH3 is 1. The van der Waals surface area contributed by atoms with Crippen LogP contribution in [0.5, 0.6) is 5.75 Å². The molecule has 1 fully saturated rings. The van der Waals surface area contributed by atoms with Crippen molar-refractivity contribution in [2.24, 2.45) is 4.99 Å². The Balaban J connectivity index is 0.00000261. The number of para-hydroxylation sites is 2. The number of guanidine groups is 1. The fourth-order valence-corrected chi connectivity index (χ4v) is 3.89. The van der Waals surface area contributed by atoms with E-state index in [9.17, 15) is 0 Å². The molecule has 0 radical (unpaired) electrons. The summed E-state index contributed by atoms with van der Waals surface area (Å²) in [5, 5.41) is 10.2. The predicted octanol–water partition coefficient (Wildman–Crippen LogP) is 3.28. The van der Waals surface area contributed by atoms with Crippen molar-refractivity contribution in [3.63, 3.8) is 0 Å². The number of rotatable bonds is 6. The highest BCUT2D eigenvalue weighted by Crippen LogP contribution is 2.30. The van der Waals surface area contributed by atoms with Crippen LogP contribution in [0.15, 0.2) is 34.6 Å². The normalized spacial score (nSPS) is 16.8. The van der Waals surface area contributed by atoms with E-state index in [0.717, 1.165) is 49.0 Å². The molecule has 1 unspecified atom stereocenters. The lowest BCUT2D eigenvalue weighted by atomic mass is 10.2. The van der Waals surface area contributed by atoms with E-state index in [4.69, 9.17) is 4.74 Å². The molecule has 2 aromatic rings. The average molecular weight is 501 g/mol. The first-order chi connectivity index (χ1) is 12.7. The first kappa shape index (κ1) is 21.7. The minimum absolute atomic E-state index is 0. The van der Waals surface area contributed by atoms with Gasteiger partial charge in [0.1, 0.15) is 5.75 Å². The minimum Gasteiger partial charge on any atom is -0.495 e. The lowest BCUT2D eigenvalue weighted by Crippen LogP contribution is -2.44. The largest absolute Gasteiger partial charge is 0.495 e. The monoisotopic (exact) mass is 501 g/mol. The van der Waals surface area contributed by atoms with Gasteiger partial charge in [-0.1, -0.05) is 19.1 Å². The highest BCUT2D eigenvalue weighted by molar-refractivity contribution is 14.0. The van der Waals surface area contributed by atoms with Crippen molar-refractivity contribution in [1.29, 1.82) is 0 Å². The van der Waals surface area contributed by atoms with Crippen molar-refractivity contribution in [2.45, 2.75) is 32.4 Å². The highest BCUT2D eigenvalue weighted by atomic mass is 127. The number of nitrogens with zero attached hydrogens (tertiary/aromatic N) is 3. The number of benzene rings is 1. The summed E-state index contributed by atoms with van der Waals surface area (Å²) in [5.74, 6) is 1.74. The lowest BCUT2D eigenvalue weighted by molar-refractivity contribution is 0.415. The van der Waals surface area contributed by atoms with Gasteiger partial charge in [0.25, 0.3) is 0 Å². The van der Waals surface area contributed by atoms with Gasteiger partial charge in [-0.2, -0.15) is 0 Å². The van der Waals surface area contributed by atoms with E-state index in [2.05, 4.69) is 49.9 Å². The van der Waals surface area contributed by atoms with Crippen molar-refractivity contribution >= 4 is 47.0 Å². The van der Waals surface area contributed by atoms with E-state index in [1.54, 1.807) is 25.5 Å². The van der Waals surface area contributed by atoms with Crippen molar-refractivity contribution in [3.05, 3.63) is 40.3 Å². The zero-order valence-electron chi connectivity index (χ0n) is 16.1. The zero-order valence-corrected chi connectivity index (χ0v) is 19.2. The Morgan fingerprint density at radius 2 is 2.22 bits per heavy atom. The Morgan fingerprint density at radius 3 is 2.93 bits per heavy atom. The molecule has 148 valence electrons. The third-order valence-electron chi connectivity index (χ3n) is 4.52. The number of aryl methyl sites for hydroxylation is 1. The third kappa shape index (κ3) is 5.71. The molecule has 1 aromatic heterocycles. The Labute approximate surface area is 182 Å². The van der Waals surface area contributed by atoms with Crippen LogP contribution in [0, 0.1) is 0 Å². The molecule has 6 nitrogen and oxygen atoms in total. The summed E-state index contributed by atoms with van der Waals surface area (Å²) in [7, 11) is 3.53.